The Bertz CT molecular complexity index is 1420. The monoisotopic (exact) mass is 454 g/mol. The first-order chi connectivity index (χ1) is 16.5. The van der Waals surface area contributed by atoms with Gasteiger partial charge in [0.2, 0.25) is 5.95 Å². The highest BCUT2D eigenvalue weighted by Gasteiger charge is 2.36. The van der Waals surface area contributed by atoms with Crippen molar-refractivity contribution in [1.29, 1.82) is 0 Å². The van der Waals surface area contributed by atoms with E-state index in [9.17, 15) is 4.79 Å². The predicted octanol–water partition coefficient (Wildman–Crippen LogP) is 5.29. The number of hydrogen-bond acceptors (Lipinski definition) is 5. The molecule has 0 saturated carbocycles. The Balaban J connectivity index is 1.71. The molecule has 7 heteroatoms. The van der Waals surface area contributed by atoms with Crippen LogP contribution in [0.4, 0.5) is 11.6 Å². The van der Waals surface area contributed by atoms with Crippen molar-refractivity contribution in [2.24, 2.45) is 0 Å². The van der Waals surface area contributed by atoms with E-state index in [4.69, 9.17) is 14.5 Å². The van der Waals surface area contributed by atoms with Crippen LogP contribution in [0.2, 0.25) is 0 Å². The number of nitrogens with one attached hydrogen (secondary N) is 2. The third kappa shape index (κ3) is 3.55. The molecule has 2 heterocycles. The van der Waals surface area contributed by atoms with Crippen LogP contribution in [-0.4, -0.2) is 29.7 Å². The number of carbonyl (C=O) groups is 1. The molecule has 0 fully saturated rings. The van der Waals surface area contributed by atoms with Crippen LogP contribution in [0, 0.1) is 6.92 Å². The second-order valence-corrected chi connectivity index (χ2v) is 8.26. The van der Waals surface area contributed by atoms with Gasteiger partial charge in [-0.05, 0) is 44.2 Å². The minimum Gasteiger partial charge on any atom is -0.493 e. The molecule has 1 aliphatic rings. The molecule has 172 valence electrons. The molecule has 1 amide bonds. The number of hydrogen-bond donors (Lipinski definition) is 2. The van der Waals surface area contributed by atoms with E-state index in [0.717, 1.165) is 33.5 Å². The summed E-state index contributed by atoms with van der Waals surface area (Å²) in [5, 5.41) is 6.40. The molecule has 34 heavy (non-hydrogen) atoms. The summed E-state index contributed by atoms with van der Waals surface area (Å²) in [7, 11) is 3.21. The number of carbonyl (C=O) groups excluding carboxylic acids is 1. The lowest BCUT2D eigenvalue weighted by Crippen LogP contribution is -2.31. The van der Waals surface area contributed by atoms with Gasteiger partial charge in [0.15, 0.2) is 11.5 Å². The topological polar surface area (TPSA) is 77.4 Å². The molecule has 7 nitrogen and oxygen atoms in total. The smallest absolute Gasteiger partial charge is 0.255 e. The summed E-state index contributed by atoms with van der Waals surface area (Å²) in [6, 6.07) is 20.9. The number of amides is 1. The number of anilines is 2. The summed E-state index contributed by atoms with van der Waals surface area (Å²) >= 11 is 0. The number of para-hydroxylation sites is 3. The van der Waals surface area contributed by atoms with Gasteiger partial charge in [-0.2, -0.15) is 0 Å². The minimum atomic E-state index is -0.487. The number of imidazole rings is 1. The van der Waals surface area contributed by atoms with Gasteiger partial charge in [0.25, 0.3) is 5.91 Å². The van der Waals surface area contributed by atoms with E-state index in [1.165, 1.54) is 0 Å². The molecule has 0 bridgehead atoms. The van der Waals surface area contributed by atoms with Gasteiger partial charge in [-0.3, -0.25) is 9.36 Å². The van der Waals surface area contributed by atoms with Gasteiger partial charge in [-0.15, -0.1) is 0 Å². The molecule has 0 spiro atoms. The van der Waals surface area contributed by atoms with E-state index in [-0.39, 0.29) is 5.91 Å². The maximum absolute atomic E-state index is 13.8. The fraction of sp³-hybridized carbons (Fsp3) is 0.185. The van der Waals surface area contributed by atoms with Crippen LogP contribution in [0.1, 0.15) is 24.1 Å². The maximum atomic E-state index is 13.8. The second kappa shape index (κ2) is 8.59. The van der Waals surface area contributed by atoms with Crippen molar-refractivity contribution >= 4 is 28.6 Å². The van der Waals surface area contributed by atoms with Crippen LogP contribution in [-0.2, 0) is 4.79 Å². The van der Waals surface area contributed by atoms with Crippen LogP contribution in [0.5, 0.6) is 11.5 Å². The Labute approximate surface area is 198 Å². The highest BCUT2D eigenvalue weighted by atomic mass is 16.5. The molecule has 1 atom stereocenters. The van der Waals surface area contributed by atoms with Gasteiger partial charge in [-0.25, -0.2) is 4.98 Å². The lowest BCUT2D eigenvalue weighted by molar-refractivity contribution is -0.113. The molecule has 0 aliphatic carbocycles. The number of fused-ring (bicyclic) bond motifs is 3. The Morgan fingerprint density at radius 1 is 0.971 bits per heavy atom. The highest BCUT2D eigenvalue weighted by molar-refractivity contribution is 6.06. The van der Waals surface area contributed by atoms with Crippen molar-refractivity contribution in [2.45, 2.75) is 19.9 Å². The first-order valence-electron chi connectivity index (χ1n) is 11.1. The average molecular weight is 455 g/mol. The van der Waals surface area contributed by atoms with E-state index in [1.807, 2.05) is 85.1 Å². The Morgan fingerprint density at radius 2 is 1.74 bits per heavy atom. The molecular formula is C27H26N4O3. The Kier molecular flexibility index (Phi) is 5.45. The summed E-state index contributed by atoms with van der Waals surface area (Å²) in [4.78, 5) is 18.5. The van der Waals surface area contributed by atoms with Gasteiger partial charge >= 0.3 is 0 Å². The fourth-order valence-electron chi connectivity index (χ4n) is 4.51. The van der Waals surface area contributed by atoms with Gasteiger partial charge in [0.05, 0.1) is 36.9 Å². The normalized spacial score (nSPS) is 15.0. The molecule has 1 aliphatic heterocycles. The molecule has 0 radical (unpaired) electrons. The molecule has 3 aromatic carbocycles. The van der Waals surface area contributed by atoms with Gasteiger partial charge in [0, 0.05) is 16.9 Å². The fourth-order valence-corrected chi connectivity index (χ4v) is 4.51. The SMILES string of the molecule is COc1cccc([C@@H]2C(C(=O)Nc3ccc(C)cc3)=C(C)Nc3nc4ccccc4n32)c1OC. The standard InChI is InChI=1S/C27H26N4O3/c1-16-12-14-18(15-13-16)29-26(32)23-17(2)28-27-30-20-9-5-6-10-21(20)31(27)24(23)19-8-7-11-22(33-3)25(19)34-4/h5-15,24H,1-4H3,(H,28,30)(H,29,32)/t24-/m1/s1. The van der Waals surface area contributed by atoms with Crippen molar-refractivity contribution < 1.29 is 14.3 Å². The number of nitrogens with zero attached hydrogens (tertiary/aromatic N) is 2. The van der Waals surface area contributed by atoms with Crippen molar-refractivity contribution in [2.75, 3.05) is 24.9 Å². The van der Waals surface area contributed by atoms with E-state index in [1.54, 1.807) is 14.2 Å². The summed E-state index contributed by atoms with van der Waals surface area (Å²) in [5.74, 6) is 1.64. The summed E-state index contributed by atoms with van der Waals surface area (Å²) < 4.78 is 13.4. The molecule has 1 aromatic heterocycles. The molecule has 5 rings (SSSR count). The third-order valence-electron chi connectivity index (χ3n) is 6.11. The zero-order valence-corrected chi connectivity index (χ0v) is 19.5. The number of allylic oxidation sites excluding steroid dienone is 1. The first-order valence-corrected chi connectivity index (χ1v) is 11.1. The first kappa shape index (κ1) is 21.6. The lowest BCUT2D eigenvalue weighted by Gasteiger charge is -2.31. The number of ether oxygens (including phenoxy) is 2. The van der Waals surface area contributed by atoms with Crippen molar-refractivity contribution in [3.8, 4) is 11.5 Å². The quantitative estimate of drug-likeness (QED) is 0.429. The average Bonchev–Trinajstić information content (AvgIpc) is 3.21. The molecule has 0 unspecified atom stereocenters. The van der Waals surface area contributed by atoms with E-state index in [0.29, 0.717) is 23.0 Å². The highest BCUT2D eigenvalue weighted by Crippen LogP contribution is 2.45. The second-order valence-electron chi connectivity index (χ2n) is 8.26. The molecule has 4 aromatic rings. The predicted molar refractivity (Wildman–Crippen MR) is 134 cm³/mol. The summed E-state index contributed by atoms with van der Waals surface area (Å²) in [5.41, 5.74) is 5.71. The van der Waals surface area contributed by atoms with Gasteiger partial charge in [0.1, 0.15) is 0 Å². The van der Waals surface area contributed by atoms with Crippen LogP contribution in [0.15, 0.2) is 78.0 Å². The van der Waals surface area contributed by atoms with Crippen molar-refractivity contribution in [1.82, 2.24) is 9.55 Å². The number of aryl methyl sites for hydroxylation is 1. The van der Waals surface area contributed by atoms with Gasteiger partial charge in [-0.1, -0.05) is 42.0 Å². The minimum absolute atomic E-state index is 0.202. The summed E-state index contributed by atoms with van der Waals surface area (Å²) in [6.45, 7) is 3.91. The number of rotatable bonds is 5. The van der Waals surface area contributed by atoms with E-state index in [2.05, 4.69) is 10.6 Å². The number of methoxy groups -OCH3 is 2. The van der Waals surface area contributed by atoms with Crippen molar-refractivity contribution in [3.63, 3.8) is 0 Å². The van der Waals surface area contributed by atoms with Crippen LogP contribution in [0.3, 0.4) is 0 Å². The van der Waals surface area contributed by atoms with E-state index < -0.39 is 6.04 Å². The largest absolute Gasteiger partial charge is 0.493 e. The molecule has 0 saturated heterocycles. The molecule has 2 N–H and O–H groups in total. The van der Waals surface area contributed by atoms with Crippen LogP contribution < -0.4 is 20.1 Å². The Hall–Kier alpha value is -4.26. The van der Waals surface area contributed by atoms with Gasteiger partial charge < -0.3 is 20.1 Å². The number of aromatic nitrogens is 2. The number of benzene rings is 3. The Morgan fingerprint density at radius 3 is 2.47 bits per heavy atom. The van der Waals surface area contributed by atoms with E-state index >= 15 is 0 Å². The van der Waals surface area contributed by atoms with Crippen LogP contribution in [0.25, 0.3) is 11.0 Å². The van der Waals surface area contributed by atoms with Crippen molar-refractivity contribution in [3.05, 3.63) is 89.1 Å². The lowest BCUT2D eigenvalue weighted by atomic mass is 9.93. The zero-order valence-electron chi connectivity index (χ0n) is 19.5. The third-order valence-corrected chi connectivity index (χ3v) is 6.11. The summed E-state index contributed by atoms with van der Waals surface area (Å²) in [6.07, 6.45) is 0. The maximum Gasteiger partial charge on any atom is 0.255 e. The van der Waals surface area contributed by atoms with Crippen LogP contribution >= 0.6 is 0 Å². The molecular weight excluding hydrogens is 428 g/mol. The zero-order chi connectivity index (χ0) is 23.8.